The fraction of sp³-hybridized carbons (Fsp3) is 0.696. The third kappa shape index (κ3) is 7.32. The Hall–Kier alpha value is -0.860. The van der Waals surface area contributed by atoms with E-state index in [9.17, 15) is 13.2 Å². The molecule has 0 unspecified atom stereocenters. The molecule has 2 aliphatic rings. The van der Waals surface area contributed by atoms with Gasteiger partial charge >= 0.3 is 0 Å². The predicted octanol–water partition coefficient (Wildman–Crippen LogP) is 4.02. The summed E-state index contributed by atoms with van der Waals surface area (Å²) < 4.78 is 27.1. The Morgan fingerprint density at radius 3 is 2.41 bits per heavy atom. The van der Waals surface area contributed by atoms with E-state index in [1.54, 1.807) is 18.2 Å². The number of carbonyl (C=O) groups is 1. The predicted molar refractivity (Wildman–Crippen MR) is 130 cm³/mol. The van der Waals surface area contributed by atoms with Crippen LogP contribution in [0.1, 0.15) is 45.1 Å². The normalized spacial score (nSPS) is 23.9. The number of benzene rings is 1. The van der Waals surface area contributed by atoms with E-state index in [2.05, 4.69) is 24.1 Å². The second-order valence-electron chi connectivity index (χ2n) is 9.52. The first-order valence-corrected chi connectivity index (χ1v) is 13.9. The number of nitrogens with zero attached hydrogens (tertiary/aromatic N) is 2. The van der Waals surface area contributed by atoms with Crippen molar-refractivity contribution >= 4 is 39.1 Å². The second kappa shape index (κ2) is 11.5. The number of amides is 1. The molecule has 32 heavy (non-hydrogen) atoms. The topological polar surface area (TPSA) is 69.7 Å². The van der Waals surface area contributed by atoms with E-state index >= 15 is 0 Å². The van der Waals surface area contributed by atoms with Crippen LogP contribution >= 0.6 is 23.2 Å². The molecule has 0 bridgehead atoms. The smallest absolute Gasteiger partial charge is 0.223 e. The lowest BCUT2D eigenvalue weighted by Crippen LogP contribution is -2.44. The van der Waals surface area contributed by atoms with Gasteiger partial charge in [-0.1, -0.05) is 43.1 Å². The molecular weight excluding hydrogens is 469 g/mol. The van der Waals surface area contributed by atoms with E-state index in [1.165, 1.54) is 10.7 Å². The van der Waals surface area contributed by atoms with Gasteiger partial charge in [0.15, 0.2) is 0 Å². The van der Waals surface area contributed by atoms with E-state index in [-0.39, 0.29) is 17.6 Å². The average molecular weight is 505 g/mol. The third-order valence-electron chi connectivity index (χ3n) is 6.47. The highest BCUT2D eigenvalue weighted by atomic mass is 35.5. The number of rotatable bonds is 8. The molecule has 3 rings (SSSR count). The number of hydrogen-bond donors (Lipinski definition) is 1. The summed E-state index contributed by atoms with van der Waals surface area (Å²) in [6.45, 7) is 9.30. The molecule has 180 valence electrons. The molecular formula is C23H35Cl2N3O3S. The molecule has 0 aliphatic carbocycles. The monoisotopic (exact) mass is 503 g/mol. The molecule has 1 N–H and O–H groups in total. The summed E-state index contributed by atoms with van der Waals surface area (Å²) in [5, 5.41) is 3.88. The van der Waals surface area contributed by atoms with E-state index < -0.39 is 10.0 Å². The maximum atomic E-state index is 12.8. The highest BCUT2D eigenvalue weighted by Crippen LogP contribution is 2.26. The lowest BCUT2D eigenvalue weighted by atomic mass is 9.92. The van der Waals surface area contributed by atoms with Gasteiger partial charge in [-0.3, -0.25) is 4.79 Å². The Labute approximate surface area is 202 Å². The Morgan fingerprint density at radius 2 is 1.78 bits per heavy atom. The van der Waals surface area contributed by atoms with Crippen molar-refractivity contribution in [3.63, 3.8) is 0 Å². The molecule has 2 atom stereocenters. The summed E-state index contributed by atoms with van der Waals surface area (Å²) in [5.74, 6) is 1.24. The van der Waals surface area contributed by atoms with Crippen LogP contribution in [-0.2, 0) is 20.6 Å². The second-order valence-corrected chi connectivity index (χ2v) is 12.3. The zero-order valence-corrected chi connectivity index (χ0v) is 21.4. The SMILES string of the molecule is C[C@H]1C[C@H](C)CN(CCCNC(=O)C2CCN(S(=O)(=O)Cc3ccc(Cl)cc3Cl)CC2)C1. The molecule has 2 heterocycles. The number of halogens is 2. The van der Waals surface area contributed by atoms with Crippen molar-refractivity contribution in [3.05, 3.63) is 33.8 Å². The first-order valence-electron chi connectivity index (χ1n) is 11.6. The summed E-state index contributed by atoms with van der Waals surface area (Å²) in [4.78, 5) is 15.1. The quantitative estimate of drug-likeness (QED) is 0.543. The summed E-state index contributed by atoms with van der Waals surface area (Å²) in [5.41, 5.74) is 0.536. The van der Waals surface area contributed by atoms with Gasteiger partial charge in [-0.15, -0.1) is 0 Å². The van der Waals surface area contributed by atoms with Gasteiger partial charge in [0, 0.05) is 48.7 Å². The van der Waals surface area contributed by atoms with E-state index in [4.69, 9.17) is 23.2 Å². The van der Waals surface area contributed by atoms with Crippen molar-refractivity contribution in [2.45, 2.75) is 45.3 Å². The molecule has 0 spiro atoms. The summed E-state index contributed by atoms with van der Waals surface area (Å²) in [7, 11) is -3.49. The Morgan fingerprint density at radius 1 is 1.12 bits per heavy atom. The van der Waals surface area contributed by atoms with Crippen molar-refractivity contribution < 1.29 is 13.2 Å². The van der Waals surface area contributed by atoms with Gasteiger partial charge in [-0.2, -0.15) is 0 Å². The maximum Gasteiger partial charge on any atom is 0.223 e. The van der Waals surface area contributed by atoms with Crippen LogP contribution in [0.4, 0.5) is 0 Å². The fourth-order valence-electron chi connectivity index (χ4n) is 4.96. The zero-order chi connectivity index (χ0) is 23.3. The minimum Gasteiger partial charge on any atom is -0.356 e. The van der Waals surface area contributed by atoms with E-state index in [1.807, 2.05) is 0 Å². The van der Waals surface area contributed by atoms with Crippen LogP contribution in [0.15, 0.2) is 18.2 Å². The molecule has 6 nitrogen and oxygen atoms in total. The number of nitrogens with one attached hydrogen (secondary N) is 1. The van der Waals surface area contributed by atoms with Gasteiger partial charge in [0.25, 0.3) is 0 Å². The molecule has 9 heteroatoms. The summed E-state index contributed by atoms with van der Waals surface area (Å²) in [6, 6.07) is 4.84. The molecule has 0 aromatic heterocycles. The molecule has 1 aromatic carbocycles. The Bertz CT molecular complexity index is 878. The minimum absolute atomic E-state index is 0.0446. The number of hydrogen-bond acceptors (Lipinski definition) is 4. The first-order chi connectivity index (χ1) is 15.1. The van der Waals surface area contributed by atoms with Gasteiger partial charge in [0.1, 0.15) is 0 Å². The van der Waals surface area contributed by atoms with Crippen molar-refractivity contribution in [1.29, 1.82) is 0 Å². The number of sulfonamides is 1. The van der Waals surface area contributed by atoms with Gasteiger partial charge in [0.2, 0.25) is 15.9 Å². The standard InChI is InChI=1S/C23H35Cl2N3O3S/c1-17-12-18(2)15-27(14-17)9-3-8-26-23(29)19-6-10-28(11-7-19)32(30,31)16-20-4-5-21(24)13-22(20)25/h4-5,13,17-19H,3,6-12,14-16H2,1-2H3,(H,26,29)/t17-,18-/m0/s1. The van der Waals surface area contributed by atoms with Crippen LogP contribution in [0.3, 0.4) is 0 Å². The number of likely N-dealkylation sites (tertiary alicyclic amines) is 1. The fourth-order valence-corrected chi connectivity index (χ4v) is 7.10. The molecule has 0 radical (unpaired) electrons. The molecule has 0 saturated carbocycles. The molecule has 1 aromatic rings. The van der Waals surface area contributed by atoms with Crippen LogP contribution in [0.2, 0.25) is 10.0 Å². The highest BCUT2D eigenvalue weighted by molar-refractivity contribution is 7.88. The van der Waals surface area contributed by atoms with Crippen LogP contribution in [0, 0.1) is 17.8 Å². The largest absolute Gasteiger partial charge is 0.356 e. The minimum atomic E-state index is -3.49. The Balaban J connectivity index is 1.39. The lowest BCUT2D eigenvalue weighted by molar-refractivity contribution is -0.126. The van der Waals surface area contributed by atoms with Crippen molar-refractivity contribution in [3.8, 4) is 0 Å². The van der Waals surface area contributed by atoms with Crippen LogP contribution in [0.25, 0.3) is 0 Å². The van der Waals surface area contributed by atoms with Crippen molar-refractivity contribution in [2.24, 2.45) is 17.8 Å². The van der Waals surface area contributed by atoms with Crippen LogP contribution in [-0.4, -0.2) is 62.8 Å². The number of carbonyl (C=O) groups excluding carboxylic acids is 1. The molecule has 2 aliphatic heterocycles. The van der Waals surface area contributed by atoms with Gasteiger partial charge in [-0.05, 0) is 61.8 Å². The highest BCUT2D eigenvalue weighted by Gasteiger charge is 2.31. The molecule has 2 fully saturated rings. The first kappa shape index (κ1) is 25.8. The van der Waals surface area contributed by atoms with Gasteiger partial charge < -0.3 is 10.2 Å². The molecule has 2 saturated heterocycles. The number of piperidine rings is 2. The third-order valence-corrected chi connectivity index (χ3v) is 8.88. The average Bonchev–Trinajstić information content (AvgIpc) is 2.72. The lowest BCUT2D eigenvalue weighted by Gasteiger charge is -2.35. The van der Waals surface area contributed by atoms with Crippen molar-refractivity contribution in [2.75, 3.05) is 39.3 Å². The summed E-state index contributed by atoms with van der Waals surface area (Å²) >= 11 is 12.0. The van der Waals surface area contributed by atoms with E-state index in [0.717, 1.165) is 37.9 Å². The van der Waals surface area contributed by atoms with E-state index in [0.29, 0.717) is 48.1 Å². The van der Waals surface area contributed by atoms with Gasteiger partial charge in [-0.25, -0.2) is 12.7 Å². The van der Waals surface area contributed by atoms with Crippen LogP contribution in [0.5, 0.6) is 0 Å². The van der Waals surface area contributed by atoms with Gasteiger partial charge in [0.05, 0.1) is 5.75 Å². The Kier molecular flexibility index (Phi) is 9.27. The zero-order valence-electron chi connectivity index (χ0n) is 19.0. The molecule has 1 amide bonds. The van der Waals surface area contributed by atoms with Crippen LogP contribution < -0.4 is 5.32 Å². The summed E-state index contributed by atoms with van der Waals surface area (Å²) in [6.07, 6.45) is 3.33. The maximum absolute atomic E-state index is 12.8. The van der Waals surface area contributed by atoms with Crippen molar-refractivity contribution in [1.82, 2.24) is 14.5 Å².